The number of thiazole rings is 1. The third kappa shape index (κ3) is 3.52. The summed E-state index contributed by atoms with van der Waals surface area (Å²) in [6, 6.07) is 9.04. The summed E-state index contributed by atoms with van der Waals surface area (Å²) >= 11 is 1.42. The first-order chi connectivity index (χ1) is 13.2. The van der Waals surface area contributed by atoms with Gasteiger partial charge in [0.15, 0.2) is 10.9 Å². The van der Waals surface area contributed by atoms with Gasteiger partial charge in [0.2, 0.25) is 5.91 Å². The number of amides is 2. The number of aromatic nitrogens is 1. The number of furan rings is 1. The van der Waals surface area contributed by atoms with Crippen LogP contribution in [-0.4, -0.2) is 41.9 Å². The number of methoxy groups -OCH3 is 1. The molecule has 3 aromatic rings. The largest absolute Gasteiger partial charge is 0.494 e. The van der Waals surface area contributed by atoms with Gasteiger partial charge in [-0.05, 0) is 37.1 Å². The van der Waals surface area contributed by atoms with Crippen LogP contribution in [0.15, 0.2) is 41.0 Å². The van der Waals surface area contributed by atoms with E-state index in [1.54, 1.807) is 24.1 Å². The number of benzene rings is 1. The number of hydrogen-bond donors (Lipinski definition) is 1. The summed E-state index contributed by atoms with van der Waals surface area (Å²) in [5.74, 6) is 0.699. The maximum Gasteiger partial charge on any atom is 0.289 e. The molecule has 0 spiro atoms. The number of carbonyl (C=O) groups excluding carboxylic acids is 2. The molecule has 0 atom stereocenters. The predicted molar refractivity (Wildman–Crippen MR) is 102 cm³/mol. The Bertz CT molecular complexity index is 959. The van der Waals surface area contributed by atoms with Crippen molar-refractivity contribution in [2.75, 3.05) is 25.5 Å². The lowest BCUT2D eigenvalue weighted by Crippen LogP contribution is -2.41. The first-order valence-corrected chi connectivity index (χ1v) is 9.54. The average Bonchev–Trinajstić information content (AvgIpc) is 3.36. The van der Waals surface area contributed by atoms with E-state index < -0.39 is 0 Å². The van der Waals surface area contributed by atoms with Gasteiger partial charge in [-0.15, -0.1) is 0 Å². The molecule has 7 nitrogen and oxygen atoms in total. The number of nitrogens with zero attached hydrogens (tertiary/aromatic N) is 2. The van der Waals surface area contributed by atoms with Gasteiger partial charge in [-0.25, -0.2) is 4.98 Å². The Hall–Kier alpha value is -2.87. The molecule has 3 heterocycles. The zero-order chi connectivity index (χ0) is 18.8. The van der Waals surface area contributed by atoms with Crippen LogP contribution < -0.4 is 10.1 Å². The zero-order valence-corrected chi connectivity index (χ0v) is 15.6. The maximum atomic E-state index is 12.6. The fourth-order valence-electron chi connectivity index (χ4n) is 3.25. The normalized spacial score (nSPS) is 15.1. The second kappa shape index (κ2) is 7.40. The quantitative estimate of drug-likeness (QED) is 0.744. The lowest BCUT2D eigenvalue weighted by atomic mass is 9.96. The topological polar surface area (TPSA) is 84.7 Å². The van der Waals surface area contributed by atoms with E-state index in [9.17, 15) is 9.59 Å². The Morgan fingerprint density at radius 3 is 2.78 bits per heavy atom. The Labute approximate surface area is 159 Å². The fourth-order valence-corrected chi connectivity index (χ4v) is 4.14. The summed E-state index contributed by atoms with van der Waals surface area (Å²) in [7, 11) is 1.60. The van der Waals surface area contributed by atoms with Crippen LogP contribution in [0.4, 0.5) is 5.13 Å². The smallest absolute Gasteiger partial charge is 0.289 e. The highest BCUT2D eigenvalue weighted by Crippen LogP contribution is 2.32. The van der Waals surface area contributed by atoms with Gasteiger partial charge in [0.05, 0.1) is 18.1 Å². The molecule has 2 amide bonds. The van der Waals surface area contributed by atoms with Crippen LogP contribution in [0.25, 0.3) is 10.2 Å². The number of rotatable bonds is 4. The van der Waals surface area contributed by atoms with Crippen molar-refractivity contribution < 1.29 is 18.7 Å². The standard InChI is InChI=1S/C19H19N3O4S/c1-25-13-4-2-6-15-16(13)20-19(27-15)21-17(23)12-7-9-22(10-8-12)18(24)14-5-3-11-26-14/h2-6,11-12H,7-10H2,1H3,(H,20,21,23). The Morgan fingerprint density at radius 2 is 2.07 bits per heavy atom. The first-order valence-electron chi connectivity index (χ1n) is 8.73. The van der Waals surface area contributed by atoms with Crippen molar-refractivity contribution in [1.29, 1.82) is 0 Å². The van der Waals surface area contributed by atoms with Crippen molar-refractivity contribution in [3.05, 3.63) is 42.4 Å². The third-order valence-electron chi connectivity index (χ3n) is 4.72. The van der Waals surface area contributed by atoms with E-state index in [2.05, 4.69) is 10.3 Å². The number of anilines is 1. The van der Waals surface area contributed by atoms with Gasteiger partial charge < -0.3 is 19.4 Å². The molecule has 0 aliphatic carbocycles. The van der Waals surface area contributed by atoms with Crippen LogP contribution in [0.3, 0.4) is 0 Å². The van der Waals surface area contributed by atoms with E-state index in [-0.39, 0.29) is 17.7 Å². The number of para-hydroxylation sites is 1. The lowest BCUT2D eigenvalue weighted by Gasteiger charge is -2.30. The second-order valence-corrected chi connectivity index (χ2v) is 7.39. The van der Waals surface area contributed by atoms with Gasteiger partial charge in [-0.1, -0.05) is 17.4 Å². The van der Waals surface area contributed by atoms with Gasteiger partial charge in [0, 0.05) is 19.0 Å². The molecule has 1 saturated heterocycles. The number of fused-ring (bicyclic) bond motifs is 1. The van der Waals surface area contributed by atoms with Gasteiger partial charge in [-0.3, -0.25) is 9.59 Å². The van der Waals surface area contributed by atoms with E-state index >= 15 is 0 Å². The van der Waals surface area contributed by atoms with E-state index in [0.29, 0.717) is 42.6 Å². The van der Waals surface area contributed by atoms with Crippen molar-refractivity contribution in [2.45, 2.75) is 12.8 Å². The molecule has 0 bridgehead atoms. The van der Waals surface area contributed by atoms with Crippen molar-refractivity contribution in [3.63, 3.8) is 0 Å². The molecule has 2 aromatic heterocycles. The van der Waals surface area contributed by atoms with Gasteiger partial charge in [0.1, 0.15) is 11.3 Å². The summed E-state index contributed by atoms with van der Waals surface area (Å²) < 4.78 is 11.4. The minimum Gasteiger partial charge on any atom is -0.494 e. The molecule has 1 aromatic carbocycles. The van der Waals surface area contributed by atoms with E-state index in [1.165, 1.54) is 17.6 Å². The molecule has 0 saturated carbocycles. The molecule has 0 radical (unpaired) electrons. The zero-order valence-electron chi connectivity index (χ0n) is 14.8. The van der Waals surface area contributed by atoms with Crippen LogP contribution in [0.5, 0.6) is 5.75 Å². The van der Waals surface area contributed by atoms with Crippen molar-refractivity contribution >= 4 is 38.5 Å². The van der Waals surface area contributed by atoms with Crippen molar-refractivity contribution in [2.24, 2.45) is 5.92 Å². The molecule has 1 N–H and O–H groups in total. The molecular weight excluding hydrogens is 366 g/mol. The van der Waals surface area contributed by atoms with Gasteiger partial charge >= 0.3 is 0 Å². The third-order valence-corrected chi connectivity index (χ3v) is 5.65. The maximum absolute atomic E-state index is 12.6. The predicted octanol–water partition coefficient (Wildman–Crippen LogP) is 3.39. The monoisotopic (exact) mass is 385 g/mol. The van der Waals surface area contributed by atoms with Crippen LogP contribution in [0, 0.1) is 5.92 Å². The Balaban J connectivity index is 1.38. The summed E-state index contributed by atoms with van der Waals surface area (Å²) in [4.78, 5) is 31.1. The van der Waals surface area contributed by atoms with Crippen LogP contribution in [-0.2, 0) is 4.79 Å². The molecule has 0 unspecified atom stereocenters. The molecule has 1 fully saturated rings. The second-order valence-electron chi connectivity index (χ2n) is 6.36. The average molecular weight is 385 g/mol. The van der Waals surface area contributed by atoms with E-state index in [1.807, 2.05) is 18.2 Å². The molecule has 4 rings (SSSR count). The molecule has 1 aliphatic rings. The summed E-state index contributed by atoms with van der Waals surface area (Å²) in [5.41, 5.74) is 0.749. The lowest BCUT2D eigenvalue weighted by molar-refractivity contribution is -0.121. The number of carbonyl (C=O) groups is 2. The fraction of sp³-hybridized carbons (Fsp3) is 0.316. The number of ether oxygens (including phenoxy) is 1. The molecular formula is C19H19N3O4S. The number of hydrogen-bond acceptors (Lipinski definition) is 6. The number of nitrogens with one attached hydrogen (secondary N) is 1. The molecule has 140 valence electrons. The van der Waals surface area contributed by atoms with Gasteiger partial charge in [-0.2, -0.15) is 0 Å². The molecule has 1 aliphatic heterocycles. The Kier molecular flexibility index (Phi) is 4.81. The van der Waals surface area contributed by atoms with Gasteiger partial charge in [0.25, 0.3) is 5.91 Å². The van der Waals surface area contributed by atoms with Crippen LogP contribution in [0.1, 0.15) is 23.4 Å². The summed E-state index contributed by atoms with van der Waals surface area (Å²) in [6.45, 7) is 1.07. The highest BCUT2D eigenvalue weighted by molar-refractivity contribution is 7.22. The van der Waals surface area contributed by atoms with Crippen molar-refractivity contribution in [1.82, 2.24) is 9.88 Å². The van der Waals surface area contributed by atoms with E-state index in [4.69, 9.17) is 9.15 Å². The van der Waals surface area contributed by atoms with Crippen LogP contribution >= 0.6 is 11.3 Å². The summed E-state index contributed by atoms with van der Waals surface area (Å²) in [5, 5.41) is 3.48. The van der Waals surface area contributed by atoms with Crippen molar-refractivity contribution in [3.8, 4) is 5.75 Å². The summed E-state index contributed by atoms with van der Waals surface area (Å²) in [6.07, 6.45) is 2.72. The molecule has 27 heavy (non-hydrogen) atoms. The minimum absolute atomic E-state index is 0.0573. The first kappa shape index (κ1) is 17.5. The van der Waals surface area contributed by atoms with Crippen LogP contribution in [0.2, 0.25) is 0 Å². The highest BCUT2D eigenvalue weighted by atomic mass is 32.1. The molecule has 8 heteroatoms. The van der Waals surface area contributed by atoms with E-state index in [0.717, 1.165) is 10.2 Å². The number of piperidine rings is 1. The minimum atomic E-state index is -0.139. The Morgan fingerprint density at radius 1 is 1.26 bits per heavy atom. The number of likely N-dealkylation sites (tertiary alicyclic amines) is 1. The SMILES string of the molecule is COc1cccc2sc(NC(=O)C3CCN(C(=O)c4ccco4)CC3)nc12. The highest BCUT2D eigenvalue weighted by Gasteiger charge is 2.29.